The first-order chi connectivity index (χ1) is 14.0. The zero-order chi connectivity index (χ0) is 20.6. The normalized spacial score (nSPS) is 15.6. The Hall–Kier alpha value is -2.64. The Labute approximate surface area is 171 Å². The maximum Gasteiger partial charge on any atom is 0.258 e. The number of hydrogen-bond acceptors (Lipinski definition) is 4. The van der Waals surface area contributed by atoms with E-state index in [-0.39, 0.29) is 24.3 Å². The number of nitrogens with one attached hydrogen (secondary N) is 2. The molecule has 2 N–H and O–H groups in total. The van der Waals surface area contributed by atoms with E-state index in [2.05, 4.69) is 34.5 Å². The van der Waals surface area contributed by atoms with E-state index in [9.17, 15) is 9.18 Å². The van der Waals surface area contributed by atoms with Gasteiger partial charge in [0.25, 0.3) is 5.91 Å². The van der Waals surface area contributed by atoms with Crippen molar-refractivity contribution < 1.29 is 23.6 Å². The number of morpholine rings is 1. The molecule has 0 aliphatic carbocycles. The van der Waals surface area contributed by atoms with Gasteiger partial charge in [-0.3, -0.25) is 4.79 Å². The van der Waals surface area contributed by atoms with E-state index >= 15 is 0 Å². The largest absolute Gasteiger partial charge is 0.481 e. The zero-order valence-corrected chi connectivity index (χ0v) is 17.0. The highest BCUT2D eigenvalue weighted by Gasteiger charge is 2.27. The number of halogens is 1. The minimum absolute atomic E-state index is 0.0808. The number of carbonyl (C=O) groups is 1. The first kappa shape index (κ1) is 21.1. The first-order valence-electron chi connectivity index (χ1n) is 9.88. The number of rotatable bonds is 8. The Morgan fingerprint density at radius 1 is 1.17 bits per heavy atom. The lowest BCUT2D eigenvalue weighted by atomic mass is 10.0. The Morgan fingerprint density at radius 2 is 1.86 bits per heavy atom. The van der Waals surface area contributed by atoms with Crippen LogP contribution in [-0.4, -0.2) is 59.5 Å². The van der Waals surface area contributed by atoms with E-state index in [0.717, 1.165) is 18.8 Å². The molecule has 0 unspecified atom stereocenters. The molecule has 0 bridgehead atoms. The number of nitrogens with zero attached hydrogens (tertiary/aromatic N) is 1. The molecule has 29 heavy (non-hydrogen) atoms. The maximum absolute atomic E-state index is 13.6. The minimum atomic E-state index is -0.475. The highest BCUT2D eigenvalue weighted by molar-refractivity contribution is 5.77. The average molecular weight is 402 g/mol. The number of benzene rings is 2. The van der Waals surface area contributed by atoms with Crippen LogP contribution in [0.3, 0.4) is 0 Å². The minimum Gasteiger partial charge on any atom is -0.481 e. The Balaban J connectivity index is 1.62. The standard InChI is InChI=1S/C22H28FN3O3/c1-25(2)18-9-7-17(8-10-18)20(26-11-13-28-14-12-26)15-24-22(27)16-29-21-6-4-3-5-19(21)23/h3-10,20H,11-16H2,1-2H3,(H,24,27)/p+1/t20-/m1/s1. The second-order valence-electron chi connectivity index (χ2n) is 7.33. The van der Waals surface area contributed by atoms with Gasteiger partial charge in [0, 0.05) is 25.3 Å². The third kappa shape index (κ3) is 5.92. The molecule has 2 aromatic rings. The molecule has 1 atom stereocenters. The van der Waals surface area contributed by atoms with Gasteiger partial charge in [-0.2, -0.15) is 0 Å². The van der Waals surface area contributed by atoms with Crippen LogP contribution in [0.4, 0.5) is 10.1 Å². The summed E-state index contributed by atoms with van der Waals surface area (Å²) in [6.07, 6.45) is 0. The molecule has 1 aliphatic rings. The molecule has 0 spiro atoms. The summed E-state index contributed by atoms with van der Waals surface area (Å²) < 4.78 is 24.4. The summed E-state index contributed by atoms with van der Waals surface area (Å²) in [7, 11) is 4.02. The SMILES string of the molecule is CN(C)c1ccc([C@@H](CNC(=O)COc2ccccc2F)[NH+]2CCOCC2)cc1. The van der Waals surface area contributed by atoms with Gasteiger partial charge in [0.15, 0.2) is 18.2 Å². The number of anilines is 1. The second-order valence-corrected chi connectivity index (χ2v) is 7.33. The molecule has 1 fully saturated rings. The maximum atomic E-state index is 13.6. The molecular formula is C22H29FN3O3+. The van der Waals surface area contributed by atoms with Gasteiger partial charge < -0.3 is 24.6 Å². The third-order valence-corrected chi connectivity index (χ3v) is 5.14. The number of ether oxygens (including phenoxy) is 2. The van der Waals surface area contributed by atoms with Crippen molar-refractivity contribution in [3.63, 3.8) is 0 Å². The molecule has 6 nitrogen and oxygen atoms in total. The third-order valence-electron chi connectivity index (χ3n) is 5.14. The summed E-state index contributed by atoms with van der Waals surface area (Å²) >= 11 is 0. The van der Waals surface area contributed by atoms with Crippen molar-refractivity contribution in [2.75, 3.05) is 58.5 Å². The van der Waals surface area contributed by atoms with Crippen LogP contribution in [0.25, 0.3) is 0 Å². The number of para-hydroxylation sites is 1. The molecule has 0 aromatic heterocycles. The lowest BCUT2D eigenvalue weighted by molar-refractivity contribution is -0.937. The average Bonchev–Trinajstić information content (AvgIpc) is 2.74. The fourth-order valence-corrected chi connectivity index (χ4v) is 3.46. The topological polar surface area (TPSA) is 55.2 Å². The molecule has 1 saturated heterocycles. The van der Waals surface area contributed by atoms with E-state index in [1.165, 1.54) is 22.6 Å². The predicted octanol–water partition coefficient (Wildman–Crippen LogP) is 1.04. The van der Waals surface area contributed by atoms with Gasteiger partial charge in [0.1, 0.15) is 19.1 Å². The number of carbonyl (C=O) groups excluding carboxylic acids is 1. The van der Waals surface area contributed by atoms with E-state index in [1.54, 1.807) is 12.1 Å². The van der Waals surface area contributed by atoms with Crippen molar-refractivity contribution in [3.8, 4) is 5.75 Å². The van der Waals surface area contributed by atoms with Crippen molar-refractivity contribution in [2.45, 2.75) is 6.04 Å². The lowest BCUT2D eigenvalue weighted by Crippen LogP contribution is -3.15. The van der Waals surface area contributed by atoms with Crippen molar-refractivity contribution in [1.82, 2.24) is 5.32 Å². The molecular weight excluding hydrogens is 373 g/mol. The zero-order valence-electron chi connectivity index (χ0n) is 17.0. The van der Waals surface area contributed by atoms with Crippen molar-refractivity contribution >= 4 is 11.6 Å². The van der Waals surface area contributed by atoms with Crippen LogP contribution in [0.2, 0.25) is 0 Å². The highest BCUT2D eigenvalue weighted by atomic mass is 19.1. The van der Waals surface area contributed by atoms with E-state index in [0.29, 0.717) is 19.8 Å². The van der Waals surface area contributed by atoms with Gasteiger partial charge in [-0.05, 0) is 24.3 Å². The van der Waals surface area contributed by atoms with Crippen molar-refractivity contribution in [1.29, 1.82) is 0 Å². The molecule has 3 rings (SSSR count). The summed E-state index contributed by atoms with van der Waals surface area (Å²) in [6, 6.07) is 14.6. The Morgan fingerprint density at radius 3 is 2.52 bits per heavy atom. The van der Waals surface area contributed by atoms with Crippen LogP contribution < -0.4 is 19.9 Å². The highest BCUT2D eigenvalue weighted by Crippen LogP contribution is 2.17. The van der Waals surface area contributed by atoms with Gasteiger partial charge in [-0.1, -0.05) is 24.3 Å². The monoisotopic (exact) mass is 402 g/mol. The van der Waals surface area contributed by atoms with Crippen molar-refractivity contribution in [2.24, 2.45) is 0 Å². The Bertz CT molecular complexity index is 792. The Kier molecular flexibility index (Phi) is 7.43. The summed E-state index contributed by atoms with van der Waals surface area (Å²) in [5.41, 5.74) is 2.30. The first-order valence-corrected chi connectivity index (χ1v) is 9.88. The second kappa shape index (κ2) is 10.2. The molecule has 0 saturated carbocycles. The van der Waals surface area contributed by atoms with Crippen LogP contribution in [-0.2, 0) is 9.53 Å². The molecule has 1 heterocycles. The van der Waals surface area contributed by atoms with Crippen LogP contribution in [0.15, 0.2) is 48.5 Å². The van der Waals surface area contributed by atoms with E-state index in [4.69, 9.17) is 9.47 Å². The van der Waals surface area contributed by atoms with E-state index < -0.39 is 5.82 Å². The van der Waals surface area contributed by atoms with E-state index in [1.807, 2.05) is 14.1 Å². The molecule has 1 aliphatic heterocycles. The summed E-state index contributed by atoms with van der Waals surface area (Å²) in [5, 5.41) is 2.95. The van der Waals surface area contributed by atoms with Crippen LogP contribution in [0, 0.1) is 5.82 Å². The quantitative estimate of drug-likeness (QED) is 0.693. The molecule has 7 heteroatoms. The number of hydrogen-bond donors (Lipinski definition) is 2. The summed E-state index contributed by atoms with van der Waals surface area (Å²) in [4.78, 5) is 15.7. The molecule has 1 amide bonds. The molecule has 156 valence electrons. The number of amides is 1. The summed E-state index contributed by atoms with van der Waals surface area (Å²) in [5.74, 6) is -0.662. The van der Waals surface area contributed by atoms with Gasteiger partial charge in [0.2, 0.25) is 0 Å². The molecule has 2 aromatic carbocycles. The van der Waals surface area contributed by atoms with Gasteiger partial charge in [0.05, 0.1) is 19.8 Å². The van der Waals surface area contributed by atoms with Crippen LogP contribution >= 0.6 is 0 Å². The predicted molar refractivity (Wildman–Crippen MR) is 110 cm³/mol. The molecule has 0 radical (unpaired) electrons. The smallest absolute Gasteiger partial charge is 0.258 e. The van der Waals surface area contributed by atoms with Gasteiger partial charge in [-0.25, -0.2) is 4.39 Å². The van der Waals surface area contributed by atoms with Gasteiger partial charge in [-0.15, -0.1) is 0 Å². The summed E-state index contributed by atoms with van der Waals surface area (Å²) in [6.45, 7) is 3.48. The van der Waals surface area contributed by atoms with Crippen LogP contribution in [0.5, 0.6) is 5.75 Å². The number of quaternary nitrogens is 1. The fraction of sp³-hybridized carbons (Fsp3) is 0.409. The fourth-order valence-electron chi connectivity index (χ4n) is 3.46. The van der Waals surface area contributed by atoms with Crippen LogP contribution in [0.1, 0.15) is 11.6 Å². The van der Waals surface area contributed by atoms with Gasteiger partial charge >= 0.3 is 0 Å². The van der Waals surface area contributed by atoms with Crippen molar-refractivity contribution in [3.05, 3.63) is 59.9 Å². The lowest BCUT2D eigenvalue weighted by Gasteiger charge is -2.32.